The van der Waals surface area contributed by atoms with Crippen LogP contribution in [0.3, 0.4) is 0 Å². The zero-order valence-corrected chi connectivity index (χ0v) is 15.7. The van der Waals surface area contributed by atoms with E-state index in [-0.39, 0.29) is 16.8 Å². The molecule has 2 amide bonds. The van der Waals surface area contributed by atoms with Crippen LogP contribution in [0.2, 0.25) is 5.02 Å². The van der Waals surface area contributed by atoms with Crippen LogP contribution in [0.15, 0.2) is 48.5 Å². The van der Waals surface area contributed by atoms with Crippen LogP contribution in [0.4, 0.5) is 10.1 Å². The summed E-state index contributed by atoms with van der Waals surface area (Å²) in [5, 5.41) is -0.107. The molecule has 0 spiro atoms. The summed E-state index contributed by atoms with van der Waals surface area (Å²) in [7, 11) is 0. The van der Waals surface area contributed by atoms with Crippen LogP contribution in [-0.2, 0) is 9.53 Å². The van der Waals surface area contributed by atoms with E-state index < -0.39 is 11.9 Å². The first kappa shape index (κ1) is 19.3. The van der Waals surface area contributed by atoms with Crippen LogP contribution in [0, 0.1) is 5.82 Å². The number of carbonyl (C=O) groups is 2. The Bertz CT molecular complexity index is 825. The minimum Gasteiger partial charge on any atom is -0.378 e. The highest BCUT2D eigenvalue weighted by Crippen LogP contribution is 2.26. The molecule has 5 nitrogen and oxygen atoms in total. The first-order valence-electron chi connectivity index (χ1n) is 8.69. The zero-order valence-electron chi connectivity index (χ0n) is 14.9. The monoisotopic (exact) mass is 390 g/mol. The fourth-order valence-electron chi connectivity index (χ4n) is 3.03. The molecule has 0 radical (unpaired) electrons. The van der Waals surface area contributed by atoms with Gasteiger partial charge in [-0.05, 0) is 37.3 Å². The highest BCUT2D eigenvalue weighted by Gasteiger charge is 2.32. The average Bonchev–Trinajstić information content (AvgIpc) is 2.71. The van der Waals surface area contributed by atoms with E-state index in [0.717, 1.165) is 0 Å². The van der Waals surface area contributed by atoms with Crippen LogP contribution >= 0.6 is 11.6 Å². The molecule has 2 aromatic rings. The van der Waals surface area contributed by atoms with Crippen molar-refractivity contribution in [3.63, 3.8) is 0 Å². The molecular formula is C20H20ClFN2O3. The van der Waals surface area contributed by atoms with Crippen molar-refractivity contribution in [3.8, 4) is 0 Å². The van der Waals surface area contributed by atoms with Gasteiger partial charge in [0.25, 0.3) is 5.91 Å². The Morgan fingerprint density at radius 3 is 2.44 bits per heavy atom. The van der Waals surface area contributed by atoms with Crippen LogP contribution in [0.5, 0.6) is 0 Å². The predicted octanol–water partition coefficient (Wildman–Crippen LogP) is 3.37. The molecule has 1 heterocycles. The number of anilines is 1. The van der Waals surface area contributed by atoms with Gasteiger partial charge in [-0.15, -0.1) is 0 Å². The summed E-state index contributed by atoms with van der Waals surface area (Å²) < 4.78 is 18.9. The third kappa shape index (κ3) is 4.28. The van der Waals surface area contributed by atoms with Crippen molar-refractivity contribution in [2.24, 2.45) is 0 Å². The predicted molar refractivity (Wildman–Crippen MR) is 102 cm³/mol. The smallest absolute Gasteiger partial charge is 0.259 e. The van der Waals surface area contributed by atoms with Crippen molar-refractivity contribution >= 4 is 29.1 Å². The molecule has 0 bridgehead atoms. The molecule has 27 heavy (non-hydrogen) atoms. The van der Waals surface area contributed by atoms with Gasteiger partial charge in [0, 0.05) is 24.3 Å². The number of morpholine rings is 1. The van der Waals surface area contributed by atoms with Crippen LogP contribution in [-0.4, -0.2) is 49.1 Å². The summed E-state index contributed by atoms with van der Waals surface area (Å²) in [6.07, 6.45) is 0. The fourth-order valence-corrected chi connectivity index (χ4v) is 3.20. The first-order valence-corrected chi connectivity index (χ1v) is 9.07. The van der Waals surface area contributed by atoms with Crippen LogP contribution in [0.25, 0.3) is 0 Å². The minimum atomic E-state index is -0.780. The number of hydrogen-bond acceptors (Lipinski definition) is 3. The SMILES string of the molecule is CC(C(=O)N1CCOCC1)N(C(=O)c1ccccc1)c1ccc(F)c(Cl)c1. The molecule has 0 N–H and O–H groups in total. The van der Waals surface area contributed by atoms with Gasteiger partial charge in [-0.2, -0.15) is 0 Å². The number of benzene rings is 2. The molecule has 7 heteroatoms. The Balaban J connectivity index is 1.96. The zero-order chi connectivity index (χ0) is 19.4. The van der Waals surface area contributed by atoms with Crippen LogP contribution < -0.4 is 4.90 Å². The maximum atomic E-state index is 13.6. The number of rotatable bonds is 4. The first-order chi connectivity index (χ1) is 13.0. The largest absolute Gasteiger partial charge is 0.378 e. The van der Waals surface area contributed by atoms with Gasteiger partial charge in [-0.3, -0.25) is 14.5 Å². The van der Waals surface area contributed by atoms with E-state index in [1.54, 1.807) is 42.2 Å². The Labute approximate surface area is 162 Å². The van der Waals surface area contributed by atoms with Gasteiger partial charge in [0.1, 0.15) is 11.9 Å². The molecule has 1 saturated heterocycles. The Morgan fingerprint density at radius 2 is 1.81 bits per heavy atom. The maximum Gasteiger partial charge on any atom is 0.259 e. The van der Waals surface area contributed by atoms with Gasteiger partial charge >= 0.3 is 0 Å². The summed E-state index contributed by atoms with van der Waals surface area (Å²) in [6, 6.07) is 11.9. The molecule has 3 rings (SSSR count). The van der Waals surface area contributed by atoms with Crippen molar-refractivity contribution in [2.75, 3.05) is 31.2 Å². The second kappa shape index (κ2) is 8.50. The van der Waals surface area contributed by atoms with Gasteiger partial charge in [-0.25, -0.2) is 4.39 Å². The fraction of sp³-hybridized carbons (Fsp3) is 0.300. The number of halogens is 2. The van der Waals surface area contributed by atoms with E-state index in [0.29, 0.717) is 37.6 Å². The molecule has 0 saturated carbocycles. The Morgan fingerprint density at radius 1 is 1.15 bits per heavy atom. The number of ether oxygens (including phenoxy) is 1. The highest BCUT2D eigenvalue weighted by molar-refractivity contribution is 6.31. The summed E-state index contributed by atoms with van der Waals surface area (Å²) in [5.74, 6) is -1.13. The molecule has 1 aliphatic rings. The molecule has 2 aromatic carbocycles. The second-order valence-electron chi connectivity index (χ2n) is 6.25. The molecule has 1 atom stereocenters. The van der Waals surface area contributed by atoms with E-state index in [9.17, 15) is 14.0 Å². The summed E-state index contributed by atoms with van der Waals surface area (Å²) in [6.45, 7) is 3.54. The van der Waals surface area contributed by atoms with E-state index in [1.165, 1.54) is 23.1 Å². The lowest BCUT2D eigenvalue weighted by molar-refractivity contribution is -0.136. The highest BCUT2D eigenvalue weighted by atomic mass is 35.5. The summed E-state index contributed by atoms with van der Waals surface area (Å²) in [5.41, 5.74) is 0.795. The lowest BCUT2D eigenvalue weighted by Crippen LogP contribution is -2.52. The third-order valence-electron chi connectivity index (χ3n) is 4.49. The Hall–Kier alpha value is -2.44. The minimum absolute atomic E-state index is 0.107. The number of carbonyl (C=O) groups excluding carboxylic acids is 2. The standard InChI is InChI=1S/C20H20ClFN2O3/c1-14(19(25)23-9-11-27-12-10-23)24(16-7-8-18(22)17(21)13-16)20(26)15-5-3-2-4-6-15/h2-8,13-14H,9-12H2,1H3. The van der Waals surface area contributed by atoms with E-state index >= 15 is 0 Å². The van der Waals surface area contributed by atoms with E-state index in [2.05, 4.69) is 0 Å². The maximum absolute atomic E-state index is 13.6. The molecule has 1 unspecified atom stereocenters. The second-order valence-corrected chi connectivity index (χ2v) is 6.66. The average molecular weight is 391 g/mol. The molecular weight excluding hydrogens is 371 g/mol. The number of nitrogens with zero attached hydrogens (tertiary/aromatic N) is 2. The van der Waals surface area contributed by atoms with Gasteiger partial charge < -0.3 is 9.64 Å². The molecule has 0 aromatic heterocycles. The van der Waals surface area contributed by atoms with Crippen molar-refractivity contribution < 1.29 is 18.7 Å². The number of hydrogen-bond donors (Lipinski definition) is 0. The van der Waals surface area contributed by atoms with Crippen molar-refractivity contribution in [2.45, 2.75) is 13.0 Å². The lowest BCUT2D eigenvalue weighted by Gasteiger charge is -2.34. The quantitative estimate of drug-likeness (QED) is 0.804. The van der Waals surface area contributed by atoms with E-state index in [4.69, 9.17) is 16.3 Å². The van der Waals surface area contributed by atoms with Gasteiger partial charge in [0.05, 0.1) is 18.2 Å². The van der Waals surface area contributed by atoms with Crippen LogP contribution in [0.1, 0.15) is 17.3 Å². The normalized spacial score (nSPS) is 15.3. The van der Waals surface area contributed by atoms with Gasteiger partial charge in [0.15, 0.2) is 0 Å². The Kier molecular flexibility index (Phi) is 6.08. The summed E-state index contributed by atoms with van der Waals surface area (Å²) in [4.78, 5) is 29.2. The third-order valence-corrected chi connectivity index (χ3v) is 4.78. The van der Waals surface area contributed by atoms with Gasteiger partial charge in [0.2, 0.25) is 5.91 Å². The number of amides is 2. The topological polar surface area (TPSA) is 49.9 Å². The van der Waals surface area contributed by atoms with Gasteiger partial charge in [-0.1, -0.05) is 29.8 Å². The molecule has 1 aliphatic heterocycles. The van der Waals surface area contributed by atoms with E-state index in [1.807, 2.05) is 0 Å². The van der Waals surface area contributed by atoms with Crippen molar-refractivity contribution in [1.82, 2.24) is 4.90 Å². The van der Waals surface area contributed by atoms with Crippen molar-refractivity contribution in [3.05, 3.63) is 64.9 Å². The summed E-state index contributed by atoms with van der Waals surface area (Å²) >= 11 is 5.92. The molecule has 142 valence electrons. The lowest BCUT2D eigenvalue weighted by atomic mass is 10.1. The molecule has 0 aliphatic carbocycles. The molecule has 1 fully saturated rings. The van der Waals surface area contributed by atoms with Crippen molar-refractivity contribution in [1.29, 1.82) is 0 Å².